The predicted octanol–water partition coefficient (Wildman–Crippen LogP) is 2.71. The van der Waals surface area contributed by atoms with Crippen molar-refractivity contribution in [3.8, 4) is 5.75 Å². The van der Waals surface area contributed by atoms with E-state index in [1.807, 2.05) is 35.0 Å². The molecule has 7 heteroatoms. The van der Waals surface area contributed by atoms with E-state index in [0.717, 1.165) is 17.7 Å². The van der Waals surface area contributed by atoms with Crippen LogP contribution in [0.1, 0.15) is 29.0 Å². The van der Waals surface area contributed by atoms with Gasteiger partial charge in [-0.1, -0.05) is 18.2 Å². The summed E-state index contributed by atoms with van der Waals surface area (Å²) in [5, 5.41) is 9.03. The first kappa shape index (κ1) is 18.0. The summed E-state index contributed by atoms with van der Waals surface area (Å²) in [7, 11) is 1.65. The number of Topliss-reactive ketones (excluding diaryl/α,β-unsaturated/α-hetero) is 1. The lowest BCUT2D eigenvalue weighted by atomic mass is 9.92. The Morgan fingerprint density at radius 3 is 2.69 bits per heavy atom. The second-order valence-corrected chi connectivity index (χ2v) is 6.41. The Labute approximate surface area is 152 Å². The monoisotopic (exact) mass is 357 g/mol. The van der Waals surface area contributed by atoms with E-state index in [2.05, 4.69) is 4.98 Å². The zero-order valence-corrected chi connectivity index (χ0v) is 14.8. The minimum atomic E-state index is -0.922. The molecule has 1 amide bonds. The highest BCUT2D eigenvalue weighted by atomic mass is 16.5. The molecule has 1 N–H and O–H groups in total. The van der Waals surface area contributed by atoms with Crippen molar-refractivity contribution in [3.63, 3.8) is 0 Å². The number of imidazole rings is 1. The van der Waals surface area contributed by atoms with Crippen molar-refractivity contribution in [2.24, 2.45) is 5.92 Å². The summed E-state index contributed by atoms with van der Waals surface area (Å²) >= 11 is 0. The van der Waals surface area contributed by atoms with E-state index in [4.69, 9.17) is 9.84 Å². The number of ether oxygens (including phenoxy) is 1. The van der Waals surface area contributed by atoms with Crippen LogP contribution in [0.4, 0.5) is 4.79 Å². The van der Waals surface area contributed by atoms with Gasteiger partial charge in [-0.3, -0.25) is 4.79 Å². The van der Waals surface area contributed by atoms with Crippen molar-refractivity contribution in [3.05, 3.63) is 48.0 Å². The first-order valence-corrected chi connectivity index (χ1v) is 8.75. The van der Waals surface area contributed by atoms with E-state index >= 15 is 0 Å². The number of para-hydroxylation sites is 1. The number of piperidine rings is 1. The van der Waals surface area contributed by atoms with Gasteiger partial charge in [0.15, 0.2) is 5.82 Å². The Balaban J connectivity index is 1.65. The molecule has 26 heavy (non-hydrogen) atoms. The summed E-state index contributed by atoms with van der Waals surface area (Å²) in [6.07, 6.45) is 4.36. The van der Waals surface area contributed by atoms with Crippen molar-refractivity contribution in [2.75, 3.05) is 20.2 Å². The molecule has 0 aliphatic carbocycles. The Hall–Kier alpha value is -2.83. The topological polar surface area (TPSA) is 84.7 Å². The van der Waals surface area contributed by atoms with Crippen LogP contribution in [0.5, 0.6) is 5.75 Å². The number of methoxy groups -OCH3 is 1. The van der Waals surface area contributed by atoms with Crippen LogP contribution < -0.4 is 4.74 Å². The van der Waals surface area contributed by atoms with Gasteiger partial charge in [-0.2, -0.15) is 0 Å². The number of amides is 1. The Morgan fingerprint density at radius 1 is 1.27 bits per heavy atom. The number of benzene rings is 1. The number of carboxylic acid groups (broad SMARTS) is 1. The van der Waals surface area contributed by atoms with E-state index < -0.39 is 6.09 Å². The van der Waals surface area contributed by atoms with Crippen LogP contribution in [0.15, 0.2) is 36.7 Å². The number of carbonyl (C=O) groups excluding carboxylic acids is 1. The zero-order chi connectivity index (χ0) is 18.5. The van der Waals surface area contributed by atoms with E-state index in [1.165, 1.54) is 4.90 Å². The van der Waals surface area contributed by atoms with Gasteiger partial charge >= 0.3 is 6.09 Å². The lowest BCUT2D eigenvalue weighted by Gasteiger charge is -2.29. The Bertz CT molecular complexity index is 779. The van der Waals surface area contributed by atoms with Gasteiger partial charge in [-0.25, -0.2) is 9.78 Å². The molecule has 0 saturated carbocycles. The molecule has 2 aromatic rings. The molecule has 2 heterocycles. The Morgan fingerprint density at radius 2 is 2.00 bits per heavy atom. The highest BCUT2D eigenvalue weighted by molar-refractivity contribution is 5.94. The number of nitrogens with zero attached hydrogens (tertiary/aromatic N) is 3. The van der Waals surface area contributed by atoms with Gasteiger partial charge in [0.2, 0.25) is 5.78 Å². The molecule has 0 atom stereocenters. The minimum absolute atomic E-state index is 0.0000606. The number of aromatic nitrogens is 2. The Kier molecular flexibility index (Phi) is 5.55. The molecule has 1 aromatic carbocycles. The number of ketones is 1. The van der Waals surface area contributed by atoms with Gasteiger partial charge in [0.25, 0.3) is 0 Å². The molecule has 3 rings (SSSR count). The fourth-order valence-electron chi connectivity index (χ4n) is 3.38. The molecule has 0 radical (unpaired) electrons. The summed E-state index contributed by atoms with van der Waals surface area (Å²) in [6, 6.07) is 7.83. The molecule has 1 fully saturated rings. The average Bonchev–Trinajstić information content (AvgIpc) is 3.14. The largest absolute Gasteiger partial charge is 0.496 e. The summed E-state index contributed by atoms with van der Waals surface area (Å²) in [4.78, 5) is 29.4. The van der Waals surface area contributed by atoms with Crippen LogP contribution in [-0.2, 0) is 13.0 Å². The molecule has 1 aliphatic heterocycles. The second-order valence-electron chi connectivity index (χ2n) is 6.41. The third-order valence-corrected chi connectivity index (χ3v) is 4.89. The molecule has 1 saturated heterocycles. The maximum Gasteiger partial charge on any atom is 0.407 e. The molecule has 1 aliphatic rings. The summed E-state index contributed by atoms with van der Waals surface area (Å²) in [5.74, 6) is 1.12. The summed E-state index contributed by atoms with van der Waals surface area (Å²) in [6.45, 7) is 1.43. The van der Waals surface area contributed by atoms with Crippen molar-refractivity contribution in [1.82, 2.24) is 14.5 Å². The number of hydrogen-bond acceptors (Lipinski definition) is 4. The number of likely N-dealkylation sites (tertiary alicyclic amines) is 1. The zero-order valence-electron chi connectivity index (χ0n) is 14.8. The smallest absolute Gasteiger partial charge is 0.407 e. The van der Waals surface area contributed by atoms with Gasteiger partial charge in [-0.15, -0.1) is 0 Å². The van der Waals surface area contributed by atoms with E-state index in [1.54, 1.807) is 13.3 Å². The summed E-state index contributed by atoms with van der Waals surface area (Å²) < 4.78 is 7.25. The highest BCUT2D eigenvalue weighted by Gasteiger charge is 2.29. The first-order valence-electron chi connectivity index (χ1n) is 8.75. The van der Waals surface area contributed by atoms with Gasteiger partial charge in [0, 0.05) is 37.9 Å². The SMILES string of the molecule is COc1ccccc1CCn1ccnc1C(=O)C1CCN(C(=O)O)CC1. The van der Waals surface area contributed by atoms with E-state index in [-0.39, 0.29) is 11.7 Å². The van der Waals surface area contributed by atoms with Gasteiger partial charge in [0.1, 0.15) is 5.75 Å². The lowest BCUT2D eigenvalue weighted by Crippen LogP contribution is -2.39. The fraction of sp³-hybridized carbons (Fsp3) is 0.421. The number of rotatable bonds is 6. The number of hydrogen-bond donors (Lipinski definition) is 1. The quantitative estimate of drug-likeness (QED) is 0.804. The predicted molar refractivity (Wildman–Crippen MR) is 95.6 cm³/mol. The average molecular weight is 357 g/mol. The van der Waals surface area contributed by atoms with Crippen molar-refractivity contribution >= 4 is 11.9 Å². The summed E-state index contributed by atoms with van der Waals surface area (Å²) in [5.41, 5.74) is 1.08. The second kappa shape index (κ2) is 8.03. The molecular formula is C19H23N3O4. The van der Waals surface area contributed by atoms with Crippen LogP contribution in [0, 0.1) is 5.92 Å². The third-order valence-electron chi connectivity index (χ3n) is 4.89. The van der Waals surface area contributed by atoms with Crippen molar-refractivity contribution in [1.29, 1.82) is 0 Å². The maximum atomic E-state index is 12.8. The van der Waals surface area contributed by atoms with E-state index in [9.17, 15) is 9.59 Å². The molecule has 0 spiro atoms. The molecule has 1 aromatic heterocycles. The molecule has 0 unspecified atom stereocenters. The fourth-order valence-corrected chi connectivity index (χ4v) is 3.38. The molecule has 0 bridgehead atoms. The highest BCUT2D eigenvalue weighted by Crippen LogP contribution is 2.22. The third kappa shape index (κ3) is 3.87. The van der Waals surface area contributed by atoms with E-state index in [0.29, 0.717) is 38.3 Å². The van der Waals surface area contributed by atoms with Crippen LogP contribution in [0.25, 0.3) is 0 Å². The normalized spacial score (nSPS) is 15.0. The first-order chi connectivity index (χ1) is 12.6. The van der Waals surface area contributed by atoms with Gasteiger partial charge in [0.05, 0.1) is 7.11 Å². The lowest BCUT2D eigenvalue weighted by molar-refractivity contribution is 0.0807. The molecule has 7 nitrogen and oxygen atoms in total. The minimum Gasteiger partial charge on any atom is -0.496 e. The molecule has 138 valence electrons. The molecular weight excluding hydrogens is 334 g/mol. The standard InChI is InChI=1S/C19H23N3O4/c1-26-16-5-3-2-4-14(16)6-10-21-13-9-20-18(21)17(23)15-7-11-22(12-8-15)19(24)25/h2-5,9,13,15H,6-8,10-12H2,1H3,(H,24,25). The van der Waals surface area contributed by atoms with Crippen LogP contribution in [0.3, 0.4) is 0 Å². The number of carbonyl (C=O) groups is 2. The van der Waals surface area contributed by atoms with Crippen LogP contribution in [0.2, 0.25) is 0 Å². The van der Waals surface area contributed by atoms with Crippen LogP contribution >= 0.6 is 0 Å². The van der Waals surface area contributed by atoms with Crippen LogP contribution in [-0.4, -0.2) is 51.6 Å². The number of aryl methyl sites for hydroxylation is 2. The van der Waals surface area contributed by atoms with Crippen molar-refractivity contribution in [2.45, 2.75) is 25.8 Å². The van der Waals surface area contributed by atoms with Crippen molar-refractivity contribution < 1.29 is 19.4 Å². The van der Waals surface area contributed by atoms with Gasteiger partial charge in [-0.05, 0) is 30.9 Å². The van der Waals surface area contributed by atoms with Gasteiger partial charge < -0.3 is 19.3 Å². The maximum absolute atomic E-state index is 12.8.